The molecule has 0 atom stereocenters. The van der Waals surface area contributed by atoms with Crippen LogP contribution in [0.15, 0.2) is 31.2 Å². The lowest BCUT2D eigenvalue weighted by molar-refractivity contribution is 1.10. The summed E-state index contributed by atoms with van der Waals surface area (Å²) in [7, 11) is 1.83. The van der Waals surface area contributed by atoms with Gasteiger partial charge in [-0.05, 0) is 19.1 Å². The SMILES string of the molecule is C=C(NC)c1cc(-c2nc[nH]c2C)ccn1.CC. The molecule has 2 aromatic heterocycles. The zero-order chi connectivity index (χ0) is 13.5. The summed E-state index contributed by atoms with van der Waals surface area (Å²) >= 11 is 0. The molecule has 96 valence electrons. The standard InChI is InChI=1S/C12H14N4.C2H6/c1-8(13-3)11-6-10(4-5-14-11)12-9(2)15-7-16-12;1-2/h4-7,13H,1H2,2-3H3,(H,15,16);1-2H3. The average molecular weight is 244 g/mol. The Morgan fingerprint density at radius 3 is 2.61 bits per heavy atom. The molecule has 0 aromatic carbocycles. The Morgan fingerprint density at radius 1 is 1.33 bits per heavy atom. The third-order valence-electron chi connectivity index (χ3n) is 2.47. The van der Waals surface area contributed by atoms with Crippen LogP contribution in [0.5, 0.6) is 0 Å². The van der Waals surface area contributed by atoms with E-state index in [0.717, 1.165) is 28.3 Å². The predicted molar refractivity (Wildman–Crippen MR) is 76.0 cm³/mol. The van der Waals surface area contributed by atoms with Crippen molar-refractivity contribution in [3.8, 4) is 11.3 Å². The van der Waals surface area contributed by atoms with Crippen molar-refractivity contribution in [2.24, 2.45) is 0 Å². The van der Waals surface area contributed by atoms with Gasteiger partial charge < -0.3 is 10.3 Å². The van der Waals surface area contributed by atoms with Gasteiger partial charge in [-0.25, -0.2) is 4.98 Å². The monoisotopic (exact) mass is 244 g/mol. The molecule has 0 saturated carbocycles. The van der Waals surface area contributed by atoms with E-state index < -0.39 is 0 Å². The minimum absolute atomic E-state index is 0.801. The number of nitrogens with zero attached hydrogens (tertiary/aromatic N) is 2. The summed E-state index contributed by atoms with van der Waals surface area (Å²) in [4.78, 5) is 11.6. The largest absolute Gasteiger partial charge is 0.387 e. The highest BCUT2D eigenvalue weighted by atomic mass is 14.9. The lowest BCUT2D eigenvalue weighted by atomic mass is 10.1. The first-order valence-electron chi connectivity index (χ1n) is 6.06. The van der Waals surface area contributed by atoms with Gasteiger partial charge in [0.05, 0.1) is 23.4 Å². The van der Waals surface area contributed by atoms with Crippen LogP contribution in [-0.4, -0.2) is 22.0 Å². The molecule has 0 bridgehead atoms. The topological polar surface area (TPSA) is 53.6 Å². The number of aromatic amines is 1. The molecule has 0 radical (unpaired) electrons. The summed E-state index contributed by atoms with van der Waals surface area (Å²) < 4.78 is 0. The molecule has 2 heterocycles. The van der Waals surface area contributed by atoms with Crippen molar-refractivity contribution in [3.05, 3.63) is 42.6 Å². The van der Waals surface area contributed by atoms with Gasteiger partial charge in [-0.3, -0.25) is 4.98 Å². The molecule has 0 aliphatic carbocycles. The summed E-state index contributed by atoms with van der Waals surface area (Å²) in [5, 5.41) is 2.98. The molecule has 4 nitrogen and oxygen atoms in total. The molecule has 0 amide bonds. The Labute approximate surface area is 108 Å². The van der Waals surface area contributed by atoms with Crippen LogP contribution >= 0.6 is 0 Å². The molecule has 0 spiro atoms. The Morgan fingerprint density at radius 2 is 2.06 bits per heavy atom. The third-order valence-corrected chi connectivity index (χ3v) is 2.47. The first kappa shape index (κ1) is 14.0. The highest BCUT2D eigenvalue weighted by Gasteiger charge is 2.06. The lowest BCUT2D eigenvalue weighted by Gasteiger charge is -2.05. The quantitative estimate of drug-likeness (QED) is 0.872. The third kappa shape index (κ3) is 2.97. The normalized spacial score (nSPS) is 9.33. The number of aryl methyl sites for hydroxylation is 1. The van der Waals surface area contributed by atoms with Crippen molar-refractivity contribution in [1.82, 2.24) is 20.3 Å². The van der Waals surface area contributed by atoms with Gasteiger partial charge in [0, 0.05) is 24.5 Å². The van der Waals surface area contributed by atoms with E-state index in [2.05, 4.69) is 26.8 Å². The van der Waals surface area contributed by atoms with Gasteiger partial charge >= 0.3 is 0 Å². The van der Waals surface area contributed by atoms with Crippen LogP contribution in [0.4, 0.5) is 0 Å². The molecule has 0 aliphatic heterocycles. The van der Waals surface area contributed by atoms with Gasteiger partial charge in [0.15, 0.2) is 0 Å². The Bertz CT molecular complexity index is 514. The number of aromatic nitrogens is 3. The Kier molecular flexibility index (Phi) is 5.11. The van der Waals surface area contributed by atoms with E-state index in [1.165, 1.54) is 0 Å². The second-order valence-electron chi connectivity index (χ2n) is 3.53. The summed E-state index contributed by atoms with van der Waals surface area (Å²) in [5.41, 5.74) is 4.68. The van der Waals surface area contributed by atoms with E-state index in [1.54, 1.807) is 12.5 Å². The second kappa shape index (κ2) is 6.59. The summed E-state index contributed by atoms with van der Waals surface area (Å²) in [5.74, 6) is 0. The molecule has 0 unspecified atom stereocenters. The van der Waals surface area contributed by atoms with Crippen LogP contribution in [0, 0.1) is 6.92 Å². The summed E-state index contributed by atoms with van der Waals surface area (Å²) in [6, 6.07) is 3.91. The van der Waals surface area contributed by atoms with Crippen LogP contribution in [0.1, 0.15) is 25.2 Å². The number of H-pyrrole nitrogens is 1. The number of nitrogens with one attached hydrogen (secondary N) is 2. The van der Waals surface area contributed by atoms with Gasteiger partial charge in [0.1, 0.15) is 0 Å². The molecule has 18 heavy (non-hydrogen) atoms. The van der Waals surface area contributed by atoms with Gasteiger partial charge in [-0.1, -0.05) is 20.4 Å². The predicted octanol–water partition coefficient (Wildman–Crippen LogP) is 3.00. The first-order chi connectivity index (χ1) is 8.72. The maximum absolute atomic E-state index is 4.28. The molecule has 2 aromatic rings. The van der Waals surface area contributed by atoms with Gasteiger partial charge in [-0.15, -0.1) is 0 Å². The fraction of sp³-hybridized carbons (Fsp3) is 0.286. The minimum Gasteiger partial charge on any atom is -0.387 e. The van der Waals surface area contributed by atoms with Gasteiger partial charge in [0.25, 0.3) is 0 Å². The zero-order valence-electron chi connectivity index (χ0n) is 11.4. The van der Waals surface area contributed by atoms with Gasteiger partial charge in [0.2, 0.25) is 0 Å². The molecular weight excluding hydrogens is 224 g/mol. The van der Waals surface area contributed by atoms with Crippen LogP contribution in [-0.2, 0) is 0 Å². The zero-order valence-corrected chi connectivity index (χ0v) is 11.4. The molecule has 2 N–H and O–H groups in total. The van der Waals surface area contributed by atoms with E-state index in [4.69, 9.17) is 0 Å². The summed E-state index contributed by atoms with van der Waals surface area (Å²) in [6.45, 7) is 9.88. The molecule has 2 rings (SSSR count). The van der Waals surface area contributed by atoms with Crippen molar-refractivity contribution in [2.45, 2.75) is 20.8 Å². The minimum atomic E-state index is 0.801. The molecule has 0 aliphatic rings. The van der Waals surface area contributed by atoms with E-state index in [-0.39, 0.29) is 0 Å². The highest BCUT2D eigenvalue weighted by molar-refractivity contribution is 5.67. The molecular formula is C14H20N4. The number of imidazole rings is 1. The van der Waals surface area contributed by atoms with E-state index in [9.17, 15) is 0 Å². The number of rotatable bonds is 3. The smallest absolute Gasteiger partial charge is 0.0929 e. The molecule has 0 saturated heterocycles. The number of pyridine rings is 1. The van der Waals surface area contributed by atoms with Crippen LogP contribution in [0.2, 0.25) is 0 Å². The number of hydrogen-bond acceptors (Lipinski definition) is 3. The summed E-state index contributed by atoms with van der Waals surface area (Å²) in [6.07, 6.45) is 3.46. The Balaban J connectivity index is 0.000000771. The fourth-order valence-electron chi connectivity index (χ4n) is 1.52. The van der Waals surface area contributed by atoms with Crippen molar-refractivity contribution in [2.75, 3.05) is 7.05 Å². The molecule has 4 heteroatoms. The van der Waals surface area contributed by atoms with Gasteiger partial charge in [-0.2, -0.15) is 0 Å². The van der Waals surface area contributed by atoms with Crippen LogP contribution < -0.4 is 5.32 Å². The van der Waals surface area contributed by atoms with Crippen molar-refractivity contribution in [1.29, 1.82) is 0 Å². The van der Waals surface area contributed by atoms with E-state index in [0.29, 0.717) is 0 Å². The second-order valence-corrected chi connectivity index (χ2v) is 3.53. The van der Waals surface area contributed by atoms with Crippen molar-refractivity contribution >= 4 is 5.70 Å². The van der Waals surface area contributed by atoms with Crippen molar-refractivity contribution < 1.29 is 0 Å². The highest BCUT2D eigenvalue weighted by Crippen LogP contribution is 2.21. The van der Waals surface area contributed by atoms with Crippen LogP contribution in [0.25, 0.3) is 17.0 Å². The van der Waals surface area contributed by atoms with E-state index in [1.807, 2.05) is 40.0 Å². The lowest BCUT2D eigenvalue weighted by Crippen LogP contribution is -2.04. The maximum Gasteiger partial charge on any atom is 0.0929 e. The molecule has 0 fully saturated rings. The van der Waals surface area contributed by atoms with Crippen molar-refractivity contribution in [3.63, 3.8) is 0 Å². The maximum atomic E-state index is 4.28. The first-order valence-corrected chi connectivity index (χ1v) is 6.06. The number of hydrogen-bond donors (Lipinski definition) is 2. The van der Waals surface area contributed by atoms with E-state index >= 15 is 0 Å². The Hall–Kier alpha value is -2.10. The fourth-order valence-corrected chi connectivity index (χ4v) is 1.52. The average Bonchev–Trinajstić information content (AvgIpc) is 2.86. The van der Waals surface area contributed by atoms with Crippen LogP contribution in [0.3, 0.4) is 0 Å².